The summed E-state index contributed by atoms with van der Waals surface area (Å²) in [6.45, 7) is 0. The summed E-state index contributed by atoms with van der Waals surface area (Å²) < 4.78 is 6.22. The topological polar surface area (TPSA) is 42.2 Å². The molecule has 0 atom stereocenters. The highest BCUT2D eigenvalue weighted by Gasteiger charge is 2.20. The van der Waals surface area contributed by atoms with Gasteiger partial charge in [0.2, 0.25) is 0 Å². The van der Waals surface area contributed by atoms with E-state index in [2.05, 4.69) is 17.4 Å². The van der Waals surface area contributed by atoms with Gasteiger partial charge in [0.15, 0.2) is 5.76 Å². The van der Waals surface area contributed by atoms with Crippen LogP contribution in [0.2, 0.25) is 0 Å². The van der Waals surface area contributed by atoms with E-state index in [1.807, 2.05) is 72.8 Å². The van der Waals surface area contributed by atoms with Gasteiger partial charge < -0.3 is 9.73 Å². The van der Waals surface area contributed by atoms with E-state index in [0.29, 0.717) is 17.0 Å². The quantitative estimate of drug-likeness (QED) is 0.397. The van der Waals surface area contributed by atoms with Gasteiger partial charge in [-0.2, -0.15) is 0 Å². The van der Waals surface area contributed by atoms with E-state index in [1.165, 1.54) is 0 Å². The van der Waals surface area contributed by atoms with Gasteiger partial charge in [-0.15, -0.1) is 0 Å². The molecule has 3 nitrogen and oxygen atoms in total. The Labute approximate surface area is 162 Å². The van der Waals surface area contributed by atoms with Gasteiger partial charge >= 0.3 is 0 Å². The summed E-state index contributed by atoms with van der Waals surface area (Å²) in [5.41, 5.74) is 2.98. The Morgan fingerprint density at radius 1 is 0.714 bits per heavy atom. The number of furan rings is 1. The number of amides is 1. The molecule has 5 aromatic rings. The van der Waals surface area contributed by atoms with Crippen LogP contribution in [-0.2, 0) is 0 Å². The first kappa shape index (κ1) is 16.3. The van der Waals surface area contributed by atoms with Gasteiger partial charge in [0.25, 0.3) is 5.91 Å². The first-order chi connectivity index (χ1) is 13.8. The third kappa shape index (κ3) is 2.74. The van der Waals surface area contributed by atoms with E-state index in [0.717, 1.165) is 27.3 Å². The number of hydrogen-bond acceptors (Lipinski definition) is 2. The molecule has 4 aromatic carbocycles. The van der Waals surface area contributed by atoms with Crippen LogP contribution < -0.4 is 5.32 Å². The summed E-state index contributed by atoms with van der Waals surface area (Å²) in [4.78, 5) is 12.9. The van der Waals surface area contributed by atoms with Crippen molar-refractivity contribution in [3.05, 3.63) is 103 Å². The van der Waals surface area contributed by atoms with Crippen molar-refractivity contribution in [3.63, 3.8) is 0 Å². The van der Waals surface area contributed by atoms with Crippen LogP contribution in [0.25, 0.3) is 33.1 Å². The van der Waals surface area contributed by atoms with Crippen molar-refractivity contribution in [1.29, 1.82) is 0 Å². The van der Waals surface area contributed by atoms with Gasteiger partial charge in [0, 0.05) is 11.1 Å². The minimum absolute atomic E-state index is 0.159. The van der Waals surface area contributed by atoms with Gasteiger partial charge in [-0.25, -0.2) is 0 Å². The van der Waals surface area contributed by atoms with E-state index in [-0.39, 0.29) is 5.91 Å². The van der Waals surface area contributed by atoms with E-state index >= 15 is 0 Å². The highest BCUT2D eigenvalue weighted by atomic mass is 16.3. The van der Waals surface area contributed by atoms with Crippen molar-refractivity contribution in [2.45, 2.75) is 0 Å². The Balaban J connectivity index is 1.76. The Morgan fingerprint density at radius 3 is 2.18 bits per heavy atom. The van der Waals surface area contributed by atoms with Crippen molar-refractivity contribution < 1.29 is 9.21 Å². The molecular weight excluding hydrogens is 346 g/mol. The third-order valence-electron chi connectivity index (χ3n) is 4.89. The van der Waals surface area contributed by atoms with Crippen molar-refractivity contribution in [2.75, 3.05) is 5.32 Å². The van der Waals surface area contributed by atoms with Crippen LogP contribution in [0.5, 0.6) is 0 Å². The highest BCUT2D eigenvalue weighted by Crippen LogP contribution is 2.41. The molecule has 28 heavy (non-hydrogen) atoms. The molecule has 0 radical (unpaired) electrons. The molecule has 0 fully saturated rings. The lowest BCUT2D eigenvalue weighted by Crippen LogP contribution is -2.12. The smallest absolute Gasteiger partial charge is 0.255 e. The van der Waals surface area contributed by atoms with Gasteiger partial charge in [0.1, 0.15) is 5.58 Å². The second-order valence-corrected chi connectivity index (χ2v) is 6.65. The number of benzene rings is 4. The first-order valence-corrected chi connectivity index (χ1v) is 9.17. The number of carbonyl (C=O) groups is 1. The first-order valence-electron chi connectivity index (χ1n) is 9.17. The molecule has 134 valence electrons. The fourth-order valence-corrected chi connectivity index (χ4v) is 3.56. The van der Waals surface area contributed by atoms with Crippen LogP contribution in [0.3, 0.4) is 0 Å². The zero-order valence-corrected chi connectivity index (χ0v) is 15.1. The Bertz CT molecular complexity index is 1290. The predicted molar refractivity (Wildman–Crippen MR) is 114 cm³/mol. The summed E-state index contributed by atoms with van der Waals surface area (Å²) >= 11 is 0. The van der Waals surface area contributed by atoms with Gasteiger partial charge in [-0.05, 0) is 29.0 Å². The van der Waals surface area contributed by atoms with Crippen LogP contribution in [-0.4, -0.2) is 5.91 Å². The van der Waals surface area contributed by atoms with Crippen molar-refractivity contribution in [1.82, 2.24) is 0 Å². The Hall–Kier alpha value is -3.85. The standard InChI is InChI=1S/C25H17NO2/c27-25(19-12-5-2-6-13-19)26-23-22-20-14-8-7-9-17(20)15-16-21(22)28-24(23)18-10-3-1-4-11-18/h1-16H,(H,26,27). The Morgan fingerprint density at radius 2 is 1.39 bits per heavy atom. The maximum Gasteiger partial charge on any atom is 0.255 e. The maximum atomic E-state index is 12.9. The number of fused-ring (bicyclic) bond motifs is 3. The lowest BCUT2D eigenvalue weighted by atomic mass is 10.0. The fourth-order valence-electron chi connectivity index (χ4n) is 3.56. The maximum absolute atomic E-state index is 12.9. The molecule has 0 bridgehead atoms. The normalized spacial score (nSPS) is 11.0. The van der Waals surface area contributed by atoms with Gasteiger partial charge in [0.05, 0.1) is 11.1 Å². The second kappa shape index (κ2) is 6.71. The van der Waals surface area contributed by atoms with Crippen LogP contribution in [0.1, 0.15) is 10.4 Å². The zero-order valence-electron chi connectivity index (χ0n) is 15.1. The molecule has 1 aromatic heterocycles. The fraction of sp³-hybridized carbons (Fsp3) is 0. The summed E-state index contributed by atoms with van der Waals surface area (Å²) in [6.07, 6.45) is 0. The van der Waals surface area contributed by atoms with Crippen molar-refractivity contribution in [3.8, 4) is 11.3 Å². The molecule has 1 N–H and O–H groups in total. The lowest BCUT2D eigenvalue weighted by molar-refractivity contribution is 0.102. The average molecular weight is 363 g/mol. The molecule has 0 aliphatic heterocycles. The van der Waals surface area contributed by atoms with Gasteiger partial charge in [-0.3, -0.25) is 4.79 Å². The monoisotopic (exact) mass is 363 g/mol. The molecular formula is C25H17NO2. The zero-order chi connectivity index (χ0) is 18.9. The molecule has 0 saturated heterocycles. The molecule has 1 amide bonds. The van der Waals surface area contributed by atoms with Crippen LogP contribution >= 0.6 is 0 Å². The predicted octanol–water partition coefficient (Wildman–Crippen LogP) is 6.51. The van der Waals surface area contributed by atoms with Crippen molar-refractivity contribution >= 4 is 33.3 Å². The Kier molecular flexibility index (Phi) is 3.91. The minimum atomic E-state index is -0.159. The summed E-state index contributed by atoms with van der Waals surface area (Å²) in [7, 11) is 0. The lowest BCUT2D eigenvalue weighted by Gasteiger charge is -2.08. The second-order valence-electron chi connectivity index (χ2n) is 6.65. The van der Waals surface area contributed by atoms with Gasteiger partial charge in [-0.1, -0.05) is 78.9 Å². The number of carbonyl (C=O) groups excluding carboxylic acids is 1. The third-order valence-corrected chi connectivity index (χ3v) is 4.89. The molecule has 0 aliphatic carbocycles. The van der Waals surface area contributed by atoms with Crippen LogP contribution in [0, 0.1) is 0 Å². The van der Waals surface area contributed by atoms with E-state index < -0.39 is 0 Å². The molecule has 3 heteroatoms. The highest BCUT2D eigenvalue weighted by molar-refractivity contribution is 6.19. The van der Waals surface area contributed by atoms with E-state index in [1.54, 1.807) is 12.1 Å². The largest absolute Gasteiger partial charge is 0.454 e. The van der Waals surface area contributed by atoms with Crippen molar-refractivity contribution in [2.24, 2.45) is 0 Å². The molecule has 0 aliphatic rings. The van der Waals surface area contributed by atoms with E-state index in [9.17, 15) is 4.79 Å². The summed E-state index contributed by atoms with van der Waals surface area (Å²) in [6, 6.07) is 31.2. The molecule has 0 saturated carbocycles. The molecule has 0 unspecified atom stereocenters. The summed E-state index contributed by atoms with van der Waals surface area (Å²) in [5.74, 6) is 0.504. The van der Waals surface area contributed by atoms with Crippen LogP contribution in [0.4, 0.5) is 5.69 Å². The average Bonchev–Trinajstić information content (AvgIpc) is 3.14. The number of rotatable bonds is 3. The number of hydrogen-bond donors (Lipinski definition) is 1. The summed E-state index contributed by atoms with van der Waals surface area (Å²) in [5, 5.41) is 6.18. The molecule has 1 heterocycles. The van der Waals surface area contributed by atoms with Crippen LogP contribution in [0.15, 0.2) is 101 Å². The van der Waals surface area contributed by atoms with E-state index in [4.69, 9.17) is 4.42 Å². The number of nitrogens with one attached hydrogen (secondary N) is 1. The number of anilines is 1. The SMILES string of the molecule is O=C(Nc1c(-c2ccccc2)oc2ccc3ccccc3c12)c1ccccc1. The molecule has 5 rings (SSSR count). The minimum Gasteiger partial charge on any atom is -0.454 e. The molecule has 0 spiro atoms.